The van der Waals surface area contributed by atoms with E-state index in [1.54, 1.807) is 0 Å². The number of hydrogen-bond acceptors (Lipinski definition) is 1. The van der Waals surface area contributed by atoms with Crippen LogP contribution in [0.1, 0.15) is 13.3 Å². The maximum atomic E-state index is 10.5. The maximum absolute atomic E-state index is 10.5. The van der Waals surface area contributed by atoms with Crippen LogP contribution in [-0.4, -0.2) is 11.9 Å². The van der Waals surface area contributed by atoms with Gasteiger partial charge in [-0.2, -0.15) is 0 Å². The van der Waals surface area contributed by atoms with Gasteiger partial charge in [0, 0.05) is 12.5 Å². The zero-order chi connectivity index (χ0) is 5.98. The van der Waals surface area contributed by atoms with E-state index in [0.717, 1.165) is 0 Å². The van der Waals surface area contributed by atoms with Gasteiger partial charge in [-0.05, 0) is 6.92 Å². The van der Waals surface area contributed by atoms with Crippen molar-refractivity contribution in [2.45, 2.75) is 19.4 Å². The molecule has 1 aliphatic heterocycles. The molecule has 1 N–H and O–H groups in total. The van der Waals surface area contributed by atoms with Crippen LogP contribution in [0, 0.1) is 0 Å². The number of rotatable bonds is 0. The summed E-state index contributed by atoms with van der Waals surface area (Å²) in [5, 5.41) is 2.75. The second kappa shape index (κ2) is 1.99. The van der Waals surface area contributed by atoms with Crippen molar-refractivity contribution in [2.24, 2.45) is 0 Å². The minimum atomic E-state index is 0.125. The standard InChI is InChI=1S/C6H9NO/c1-5-3-2-4-6(8)7-5/h2-3,5H,4H2,1H3,(H,7,8). The molecule has 1 atom stereocenters. The monoisotopic (exact) mass is 111 g/mol. The summed E-state index contributed by atoms with van der Waals surface area (Å²) >= 11 is 0. The summed E-state index contributed by atoms with van der Waals surface area (Å²) in [6.07, 6.45) is 4.43. The first-order chi connectivity index (χ1) is 3.79. The van der Waals surface area contributed by atoms with Crippen molar-refractivity contribution < 1.29 is 4.79 Å². The molecule has 2 heteroatoms. The molecule has 1 unspecified atom stereocenters. The Morgan fingerprint density at radius 2 is 2.62 bits per heavy atom. The van der Waals surface area contributed by atoms with Gasteiger partial charge in [-0.3, -0.25) is 4.79 Å². The van der Waals surface area contributed by atoms with Crippen molar-refractivity contribution in [3.8, 4) is 0 Å². The van der Waals surface area contributed by atoms with Crippen LogP contribution in [0.25, 0.3) is 0 Å². The Hall–Kier alpha value is -0.790. The lowest BCUT2D eigenvalue weighted by Gasteiger charge is -2.11. The Morgan fingerprint density at radius 3 is 3.00 bits per heavy atom. The predicted molar refractivity (Wildman–Crippen MR) is 31.4 cm³/mol. The van der Waals surface area contributed by atoms with Gasteiger partial charge in [0.2, 0.25) is 5.91 Å². The highest BCUT2D eigenvalue weighted by atomic mass is 16.1. The van der Waals surface area contributed by atoms with E-state index < -0.39 is 0 Å². The van der Waals surface area contributed by atoms with Crippen LogP contribution in [0.15, 0.2) is 12.2 Å². The molecule has 0 saturated carbocycles. The molecule has 0 saturated heterocycles. The molecule has 0 aromatic carbocycles. The van der Waals surface area contributed by atoms with E-state index in [9.17, 15) is 4.79 Å². The molecule has 0 aromatic rings. The summed E-state index contributed by atoms with van der Waals surface area (Å²) < 4.78 is 0. The molecule has 44 valence electrons. The minimum absolute atomic E-state index is 0.125. The Bertz CT molecular complexity index is 128. The molecule has 0 bridgehead atoms. The van der Waals surface area contributed by atoms with Gasteiger partial charge >= 0.3 is 0 Å². The molecule has 0 fully saturated rings. The van der Waals surface area contributed by atoms with Gasteiger partial charge in [0.05, 0.1) is 0 Å². The van der Waals surface area contributed by atoms with Crippen molar-refractivity contribution in [1.82, 2.24) is 5.32 Å². The summed E-state index contributed by atoms with van der Waals surface area (Å²) in [7, 11) is 0. The second-order valence-corrected chi connectivity index (χ2v) is 1.99. The third-order valence-corrected chi connectivity index (χ3v) is 1.12. The summed E-state index contributed by atoms with van der Waals surface area (Å²) in [6, 6.07) is 0.233. The molecule has 0 aliphatic carbocycles. The Balaban J connectivity index is 2.54. The average Bonchev–Trinajstić information content (AvgIpc) is 1.64. The van der Waals surface area contributed by atoms with E-state index in [0.29, 0.717) is 6.42 Å². The van der Waals surface area contributed by atoms with E-state index >= 15 is 0 Å². The van der Waals surface area contributed by atoms with Gasteiger partial charge in [0.15, 0.2) is 0 Å². The van der Waals surface area contributed by atoms with Gasteiger partial charge < -0.3 is 5.32 Å². The van der Waals surface area contributed by atoms with E-state index in [1.165, 1.54) is 0 Å². The summed E-state index contributed by atoms with van der Waals surface area (Å²) in [5.41, 5.74) is 0. The van der Waals surface area contributed by atoms with Crippen LogP contribution in [0.4, 0.5) is 0 Å². The molecule has 8 heavy (non-hydrogen) atoms. The molecule has 0 spiro atoms. The molecular weight excluding hydrogens is 102 g/mol. The lowest BCUT2D eigenvalue weighted by Crippen LogP contribution is -2.33. The first-order valence-corrected chi connectivity index (χ1v) is 2.75. The number of amides is 1. The fourth-order valence-electron chi connectivity index (χ4n) is 0.740. The van der Waals surface area contributed by atoms with Crippen LogP contribution in [-0.2, 0) is 4.79 Å². The fourth-order valence-corrected chi connectivity index (χ4v) is 0.740. The third kappa shape index (κ3) is 1.09. The first kappa shape index (κ1) is 5.35. The second-order valence-electron chi connectivity index (χ2n) is 1.99. The Labute approximate surface area is 48.6 Å². The van der Waals surface area contributed by atoms with Crippen molar-refractivity contribution in [2.75, 3.05) is 0 Å². The zero-order valence-electron chi connectivity index (χ0n) is 4.85. The molecule has 0 aromatic heterocycles. The number of carbonyl (C=O) groups is 1. The lowest BCUT2D eigenvalue weighted by molar-refractivity contribution is -0.120. The van der Waals surface area contributed by atoms with E-state index in [1.807, 2.05) is 19.1 Å². The molecule has 1 heterocycles. The highest BCUT2D eigenvalue weighted by molar-refractivity contribution is 5.79. The van der Waals surface area contributed by atoms with Gasteiger partial charge in [0.1, 0.15) is 0 Å². The third-order valence-electron chi connectivity index (χ3n) is 1.12. The zero-order valence-corrected chi connectivity index (χ0v) is 4.85. The smallest absolute Gasteiger partial charge is 0.224 e. The molecule has 0 radical (unpaired) electrons. The van der Waals surface area contributed by atoms with Crippen LogP contribution in [0.2, 0.25) is 0 Å². The summed E-state index contributed by atoms with van der Waals surface area (Å²) in [6.45, 7) is 1.95. The quantitative estimate of drug-likeness (QED) is 0.452. The normalized spacial score (nSPS) is 27.6. The van der Waals surface area contributed by atoms with Crippen molar-refractivity contribution >= 4 is 5.91 Å². The fraction of sp³-hybridized carbons (Fsp3) is 0.500. The lowest BCUT2D eigenvalue weighted by atomic mass is 10.2. The molecule has 2 nitrogen and oxygen atoms in total. The van der Waals surface area contributed by atoms with Gasteiger partial charge in [-0.15, -0.1) is 0 Å². The molecular formula is C6H9NO. The predicted octanol–water partition coefficient (Wildman–Crippen LogP) is 0.451. The van der Waals surface area contributed by atoms with Crippen molar-refractivity contribution in [3.63, 3.8) is 0 Å². The summed E-state index contributed by atoms with van der Waals surface area (Å²) in [5.74, 6) is 0.125. The van der Waals surface area contributed by atoms with Crippen molar-refractivity contribution in [3.05, 3.63) is 12.2 Å². The average molecular weight is 111 g/mol. The number of carbonyl (C=O) groups excluding carboxylic acids is 1. The van der Waals surface area contributed by atoms with Gasteiger partial charge in [0.25, 0.3) is 0 Å². The van der Waals surface area contributed by atoms with Crippen molar-refractivity contribution in [1.29, 1.82) is 0 Å². The van der Waals surface area contributed by atoms with Crippen LogP contribution < -0.4 is 5.32 Å². The van der Waals surface area contributed by atoms with E-state index in [2.05, 4.69) is 5.32 Å². The molecule has 1 aliphatic rings. The van der Waals surface area contributed by atoms with E-state index in [-0.39, 0.29) is 11.9 Å². The topological polar surface area (TPSA) is 29.1 Å². The molecule has 1 amide bonds. The highest BCUT2D eigenvalue weighted by Gasteiger charge is 2.05. The van der Waals surface area contributed by atoms with Gasteiger partial charge in [-0.25, -0.2) is 0 Å². The first-order valence-electron chi connectivity index (χ1n) is 2.75. The van der Waals surface area contributed by atoms with E-state index in [4.69, 9.17) is 0 Å². The maximum Gasteiger partial charge on any atom is 0.224 e. The van der Waals surface area contributed by atoms with Gasteiger partial charge in [-0.1, -0.05) is 12.2 Å². The summed E-state index contributed by atoms with van der Waals surface area (Å²) in [4.78, 5) is 10.5. The SMILES string of the molecule is CC1C=CCC(=O)N1. The van der Waals surface area contributed by atoms with Crippen LogP contribution >= 0.6 is 0 Å². The minimum Gasteiger partial charge on any atom is -0.350 e. The Morgan fingerprint density at radius 1 is 1.88 bits per heavy atom. The molecule has 1 rings (SSSR count). The Kier molecular flexibility index (Phi) is 1.33. The van der Waals surface area contributed by atoms with Crippen LogP contribution in [0.5, 0.6) is 0 Å². The largest absolute Gasteiger partial charge is 0.350 e. The highest BCUT2D eigenvalue weighted by Crippen LogP contribution is 1.95. The number of hydrogen-bond donors (Lipinski definition) is 1. The number of nitrogens with one attached hydrogen (secondary N) is 1. The van der Waals surface area contributed by atoms with Crippen LogP contribution in [0.3, 0.4) is 0 Å².